The lowest BCUT2D eigenvalue weighted by atomic mass is 10.0. The number of anilines is 6. The number of pyridine rings is 2. The van der Waals surface area contributed by atoms with Crippen LogP contribution in [0.15, 0.2) is 110 Å². The molecule has 2 amide bonds. The summed E-state index contributed by atoms with van der Waals surface area (Å²) in [5.41, 5.74) is 17.9. The Kier molecular flexibility index (Phi) is 20.3. The predicted octanol–water partition coefficient (Wildman–Crippen LogP) is 9.52. The summed E-state index contributed by atoms with van der Waals surface area (Å²) in [6.45, 7) is 21.8. The molecule has 23 heteroatoms. The predicted molar refractivity (Wildman–Crippen MR) is 349 cm³/mol. The number of hydrogen-bond acceptors (Lipinski definition) is 20. The molecule has 4 aliphatic heterocycles. The first-order valence-electron chi connectivity index (χ1n) is 29.7. The number of carbonyl (C=O) groups excluding carboxylic acids is 2. The van der Waals surface area contributed by atoms with E-state index in [9.17, 15) is 14.4 Å². The van der Waals surface area contributed by atoms with Gasteiger partial charge in [0.25, 0.3) is 5.91 Å². The largest absolute Gasteiger partial charge is 0.477 e. The van der Waals surface area contributed by atoms with Gasteiger partial charge in [0.05, 0.1) is 46.6 Å². The van der Waals surface area contributed by atoms with Crippen LogP contribution >= 0.6 is 22.7 Å². The number of piperazine rings is 2. The Balaban J connectivity index is 0.000000156. The van der Waals surface area contributed by atoms with Crippen molar-refractivity contribution in [1.29, 1.82) is 0 Å². The number of nitrogens with two attached hydrogens (primary N) is 1. The molecule has 21 nitrogen and oxygen atoms in total. The van der Waals surface area contributed by atoms with E-state index in [4.69, 9.17) is 20.6 Å². The first kappa shape index (κ1) is 62.6. The minimum absolute atomic E-state index is 0.0143. The van der Waals surface area contributed by atoms with Crippen molar-refractivity contribution in [3.8, 4) is 22.5 Å². The zero-order valence-electron chi connectivity index (χ0n) is 51.1. The molecule has 2 saturated heterocycles. The Labute approximate surface area is 522 Å². The van der Waals surface area contributed by atoms with Crippen molar-refractivity contribution in [2.75, 3.05) is 100.0 Å². The molecule has 12 rings (SSSR count). The molecule has 0 saturated carbocycles. The summed E-state index contributed by atoms with van der Waals surface area (Å²) in [5.74, 6) is 1.54. The molecular weight excluding hydrogens is 1150 g/mol. The van der Waals surface area contributed by atoms with Gasteiger partial charge in [0.15, 0.2) is 0 Å². The zero-order chi connectivity index (χ0) is 61.9. The van der Waals surface area contributed by atoms with Crippen LogP contribution in [0.4, 0.5) is 39.7 Å². The molecule has 0 unspecified atom stereocenters. The van der Waals surface area contributed by atoms with E-state index in [-0.39, 0.29) is 12.0 Å². The number of fused-ring (bicyclic) bond motifs is 2. The molecule has 460 valence electrons. The number of aromatic nitrogens is 6. The highest BCUT2D eigenvalue weighted by Crippen LogP contribution is 2.31. The van der Waals surface area contributed by atoms with E-state index in [0.717, 1.165) is 144 Å². The third kappa shape index (κ3) is 16.6. The van der Waals surface area contributed by atoms with Gasteiger partial charge in [0.1, 0.15) is 22.1 Å². The standard InChI is InChI=1S/C30H34N8OS.C22H27N7.C13H17NO4S/c1-20-15-21(3-4-22(20)18-34-29(39)27-16-23-17-31-9-8-26(23)40-27)25-7-10-32-30(35-25)36-28-6-5-24(19-33-28)38-13-11-37(2)12-14-38;1-16-13-17(3-4-18(16)14-23)20-7-8-24-22(26-20)27-21-6-5-19(15-25-21)29-11-9-28(2)10-12-29;1-13(2,3)18-12(17)14-5-4-9-8(7-14)6-10(19-9)11(15)16/h3-7,10,15-16,19,31H,8-9,11-14,17-18H2,1-2H3,(H,34,39)(H,32,33,35,36);3-8,13,15H,9-12,14,23H2,1-2H3,(H,24,25,26,27);6H,4-5,7H2,1-3H3,(H,15,16). The first-order chi connectivity index (χ1) is 42.4. The fourth-order valence-corrected chi connectivity index (χ4v) is 12.6. The van der Waals surface area contributed by atoms with Crippen LogP contribution in [-0.2, 0) is 43.8 Å². The van der Waals surface area contributed by atoms with Gasteiger partial charge in [-0.15, -0.1) is 22.7 Å². The molecule has 8 aromatic rings. The van der Waals surface area contributed by atoms with Gasteiger partial charge < -0.3 is 61.3 Å². The highest BCUT2D eigenvalue weighted by Gasteiger charge is 2.28. The molecule has 0 bridgehead atoms. The minimum atomic E-state index is -0.914. The minimum Gasteiger partial charge on any atom is -0.477 e. The van der Waals surface area contributed by atoms with Crippen molar-refractivity contribution in [1.82, 2.24) is 55.2 Å². The molecule has 6 aromatic heterocycles. The Morgan fingerprint density at radius 3 is 1.68 bits per heavy atom. The number of rotatable bonds is 13. The molecule has 7 N–H and O–H groups in total. The van der Waals surface area contributed by atoms with E-state index in [2.05, 4.69) is 130 Å². The Morgan fingerprint density at radius 1 is 0.648 bits per heavy atom. The van der Waals surface area contributed by atoms with E-state index in [1.54, 1.807) is 34.7 Å². The maximum absolute atomic E-state index is 12.8. The molecule has 2 aromatic carbocycles. The average molecular weight is 1230 g/mol. The lowest BCUT2D eigenvalue weighted by Crippen LogP contribution is -2.44. The molecule has 0 radical (unpaired) electrons. The Morgan fingerprint density at radius 2 is 1.18 bits per heavy atom. The van der Waals surface area contributed by atoms with Gasteiger partial charge >= 0.3 is 12.1 Å². The van der Waals surface area contributed by atoms with Crippen LogP contribution in [0.1, 0.15) is 83.2 Å². The van der Waals surface area contributed by atoms with Crippen LogP contribution < -0.4 is 36.8 Å². The number of nitrogens with zero attached hydrogens (tertiary/aromatic N) is 11. The lowest BCUT2D eigenvalue weighted by Gasteiger charge is -2.33. The molecule has 0 atom stereocenters. The van der Waals surface area contributed by atoms with Crippen LogP contribution in [0.5, 0.6) is 0 Å². The van der Waals surface area contributed by atoms with Crippen molar-refractivity contribution < 1.29 is 24.2 Å². The van der Waals surface area contributed by atoms with Crippen molar-refractivity contribution in [3.63, 3.8) is 0 Å². The number of ether oxygens (including phenoxy) is 1. The first-order valence-corrected chi connectivity index (χ1v) is 31.4. The molecule has 4 aliphatic rings. The summed E-state index contributed by atoms with van der Waals surface area (Å²) in [6.07, 6.45) is 8.66. The van der Waals surface area contributed by atoms with Crippen LogP contribution in [0.25, 0.3) is 22.5 Å². The van der Waals surface area contributed by atoms with E-state index in [1.807, 2.05) is 75.6 Å². The van der Waals surface area contributed by atoms with Crippen molar-refractivity contribution >= 4 is 75.6 Å². The number of aromatic carboxylic acids is 1. The van der Waals surface area contributed by atoms with Crippen LogP contribution in [0, 0.1) is 13.8 Å². The topological polar surface area (TPSA) is 248 Å². The van der Waals surface area contributed by atoms with Gasteiger partial charge in [-0.25, -0.2) is 39.5 Å². The van der Waals surface area contributed by atoms with E-state index in [0.29, 0.717) is 55.2 Å². The number of aryl methyl sites for hydroxylation is 2. The van der Waals surface area contributed by atoms with Gasteiger partial charge in [0, 0.05) is 118 Å². The highest BCUT2D eigenvalue weighted by atomic mass is 32.1. The van der Waals surface area contributed by atoms with Crippen LogP contribution in [0.2, 0.25) is 0 Å². The van der Waals surface area contributed by atoms with Crippen molar-refractivity contribution in [2.45, 2.75) is 79.2 Å². The highest BCUT2D eigenvalue weighted by molar-refractivity contribution is 7.14. The van der Waals surface area contributed by atoms with Gasteiger partial charge in [-0.3, -0.25) is 4.79 Å². The van der Waals surface area contributed by atoms with Gasteiger partial charge in [-0.05, 0) is 156 Å². The maximum atomic E-state index is 12.8. The van der Waals surface area contributed by atoms with Crippen LogP contribution in [-0.4, -0.2) is 153 Å². The second kappa shape index (κ2) is 28.6. The third-order valence-electron chi connectivity index (χ3n) is 15.7. The number of hydrogen-bond donors (Lipinski definition) is 6. The summed E-state index contributed by atoms with van der Waals surface area (Å²) < 4.78 is 5.32. The second-order valence-electron chi connectivity index (χ2n) is 23.3. The zero-order valence-corrected chi connectivity index (χ0v) is 52.7. The monoisotopic (exact) mass is 1230 g/mol. The summed E-state index contributed by atoms with van der Waals surface area (Å²) in [6, 6.07) is 28.0. The fraction of sp³-hybridized carbons (Fsp3) is 0.369. The van der Waals surface area contributed by atoms with Gasteiger partial charge in [-0.1, -0.05) is 24.3 Å². The smallest absolute Gasteiger partial charge is 0.410 e. The van der Waals surface area contributed by atoms with Gasteiger partial charge in [0.2, 0.25) is 11.9 Å². The second-order valence-corrected chi connectivity index (χ2v) is 25.6. The number of carbonyl (C=O) groups is 3. The molecule has 0 spiro atoms. The molecular formula is C65H78N16O5S2. The summed E-state index contributed by atoms with van der Waals surface area (Å²) >= 11 is 2.90. The summed E-state index contributed by atoms with van der Waals surface area (Å²) in [4.78, 5) is 77.4. The number of thiophene rings is 2. The number of carboxylic acids is 1. The Bertz CT molecular complexity index is 3680. The fourth-order valence-electron chi connectivity index (χ4n) is 10.5. The van der Waals surface area contributed by atoms with E-state index >= 15 is 0 Å². The van der Waals surface area contributed by atoms with E-state index in [1.165, 1.54) is 27.3 Å². The maximum Gasteiger partial charge on any atom is 0.410 e. The molecule has 88 heavy (non-hydrogen) atoms. The van der Waals surface area contributed by atoms with Crippen molar-refractivity contribution in [3.05, 3.63) is 163 Å². The summed E-state index contributed by atoms with van der Waals surface area (Å²) in [5, 5.41) is 21.9. The quantitative estimate of drug-likeness (QED) is 0.0629. The Hall–Kier alpha value is -8.45. The number of amides is 2. The normalized spacial score (nSPS) is 15.2. The average Bonchev–Trinajstić information content (AvgIpc) is 4.41. The van der Waals surface area contributed by atoms with Crippen molar-refractivity contribution in [2.24, 2.45) is 5.73 Å². The number of carboxylic acid groups (broad SMARTS) is 1. The van der Waals surface area contributed by atoms with E-state index < -0.39 is 11.6 Å². The van der Waals surface area contributed by atoms with Crippen LogP contribution in [0.3, 0.4) is 0 Å². The summed E-state index contributed by atoms with van der Waals surface area (Å²) in [7, 11) is 4.31. The molecule has 0 aliphatic carbocycles. The SMILES string of the molecule is CC(C)(C)OC(=O)N1CCc2sc(C(=O)O)cc2C1.Cc1cc(-c2ccnc(Nc3ccc(N4CCN(C)CC4)cn3)n2)ccc1CN.Cc1cc(-c2ccnc(Nc3ccc(N4CCN(C)CC4)cn3)n2)ccc1CNC(=O)c1cc2c(s1)CCNC2. The lowest BCUT2D eigenvalue weighted by molar-refractivity contribution is 0.0225. The number of benzene rings is 2. The third-order valence-corrected chi connectivity index (χ3v) is 18.1. The molecule has 10 heterocycles. The molecule has 2 fully saturated rings. The van der Waals surface area contributed by atoms with Gasteiger partial charge in [-0.2, -0.15) is 0 Å². The number of likely N-dealkylation sites (N-methyl/N-ethyl adjacent to an activating group) is 2. The number of nitrogens with one attached hydrogen (secondary N) is 4.